The molecule has 2 aromatic heterocycles. The first-order valence-corrected chi connectivity index (χ1v) is 7.54. The number of pyridine rings is 1. The molecule has 0 aliphatic carbocycles. The van der Waals surface area contributed by atoms with Crippen LogP contribution in [0.15, 0.2) is 61.1 Å². The molecule has 3 aromatic rings. The predicted octanol–water partition coefficient (Wildman–Crippen LogP) is 2.85. The van der Waals surface area contributed by atoms with Gasteiger partial charge in [-0.2, -0.15) is 0 Å². The fourth-order valence-electron chi connectivity index (χ4n) is 2.12. The SMILES string of the molecule is Cc1ccc(CNC(=O)c2cccc(Nc3ncccn3)c2)cn1. The van der Waals surface area contributed by atoms with Gasteiger partial charge in [0.1, 0.15) is 0 Å². The summed E-state index contributed by atoms with van der Waals surface area (Å²) in [7, 11) is 0. The molecule has 0 saturated heterocycles. The first-order chi connectivity index (χ1) is 11.7. The van der Waals surface area contributed by atoms with Gasteiger partial charge in [-0.15, -0.1) is 0 Å². The number of anilines is 2. The molecule has 6 heteroatoms. The number of nitrogens with zero attached hydrogens (tertiary/aromatic N) is 3. The fourth-order valence-corrected chi connectivity index (χ4v) is 2.12. The van der Waals surface area contributed by atoms with Crippen molar-refractivity contribution in [2.45, 2.75) is 13.5 Å². The lowest BCUT2D eigenvalue weighted by Crippen LogP contribution is -2.22. The molecule has 0 bridgehead atoms. The molecule has 0 aliphatic rings. The number of nitrogens with one attached hydrogen (secondary N) is 2. The number of aryl methyl sites for hydroxylation is 1. The van der Waals surface area contributed by atoms with Crippen molar-refractivity contribution in [2.75, 3.05) is 5.32 Å². The van der Waals surface area contributed by atoms with Crippen LogP contribution >= 0.6 is 0 Å². The number of benzene rings is 1. The zero-order chi connectivity index (χ0) is 16.8. The molecule has 2 N–H and O–H groups in total. The molecule has 0 fully saturated rings. The third-order valence-electron chi connectivity index (χ3n) is 3.37. The summed E-state index contributed by atoms with van der Waals surface area (Å²) in [5.74, 6) is 0.342. The molecule has 0 atom stereocenters. The van der Waals surface area contributed by atoms with Gasteiger partial charge in [0.05, 0.1) is 0 Å². The highest BCUT2D eigenvalue weighted by atomic mass is 16.1. The van der Waals surface area contributed by atoms with Gasteiger partial charge in [-0.1, -0.05) is 12.1 Å². The van der Waals surface area contributed by atoms with E-state index < -0.39 is 0 Å². The Morgan fingerprint density at radius 3 is 2.62 bits per heavy atom. The van der Waals surface area contributed by atoms with E-state index in [-0.39, 0.29) is 5.91 Å². The lowest BCUT2D eigenvalue weighted by atomic mass is 10.2. The average Bonchev–Trinajstić information content (AvgIpc) is 2.62. The van der Waals surface area contributed by atoms with Gasteiger partial charge in [-0.3, -0.25) is 9.78 Å². The molecule has 120 valence electrons. The Morgan fingerprint density at radius 2 is 1.88 bits per heavy atom. The quantitative estimate of drug-likeness (QED) is 0.756. The second-order valence-electron chi connectivity index (χ2n) is 5.27. The molecule has 1 aromatic carbocycles. The topological polar surface area (TPSA) is 79.8 Å². The lowest BCUT2D eigenvalue weighted by Gasteiger charge is -2.08. The van der Waals surface area contributed by atoms with Gasteiger partial charge in [0.15, 0.2) is 0 Å². The van der Waals surface area contributed by atoms with Crippen LogP contribution in [0.2, 0.25) is 0 Å². The maximum absolute atomic E-state index is 12.3. The van der Waals surface area contributed by atoms with Crippen LogP contribution in [0.3, 0.4) is 0 Å². The van der Waals surface area contributed by atoms with Crippen molar-refractivity contribution in [2.24, 2.45) is 0 Å². The van der Waals surface area contributed by atoms with E-state index in [1.54, 1.807) is 36.8 Å². The maximum atomic E-state index is 12.3. The number of amides is 1. The highest BCUT2D eigenvalue weighted by molar-refractivity contribution is 5.95. The number of hydrogen-bond donors (Lipinski definition) is 2. The van der Waals surface area contributed by atoms with E-state index >= 15 is 0 Å². The third-order valence-corrected chi connectivity index (χ3v) is 3.37. The number of carbonyl (C=O) groups is 1. The summed E-state index contributed by atoms with van der Waals surface area (Å²) < 4.78 is 0. The standard InChI is InChI=1S/C18H17N5O/c1-13-6-7-14(11-21-13)12-22-17(24)15-4-2-5-16(10-15)23-18-19-8-3-9-20-18/h2-11H,12H2,1H3,(H,22,24)(H,19,20,23). The highest BCUT2D eigenvalue weighted by Gasteiger charge is 2.07. The van der Waals surface area contributed by atoms with Crippen molar-refractivity contribution in [3.63, 3.8) is 0 Å². The summed E-state index contributed by atoms with van der Waals surface area (Å²) in [6.07, 6.45) is 5.07. The molecule has 24 heavy (non-hydrogen) atoms. The van der Waals surface area contributed by atoms with Crippen LogP contribution < -0.4 is 10.6 Å². The van der Waals surface area contributed by atoms with Crippen LogP contribution in [0.5, 0.6) is 0 Å². The van der Waals surface area contributed by atoms with E-state index in [1.807, 2.05) is 31.2 Å². The molecule has 0 unspecified atom stereocenters. The number of aromatic nitrogens is 3. The lowest BCUT2D eigenvalue weighted by molar-refractivity contribution is 0.0951. The Bertz CT molecular complexity index is 818. The number of carbonyl (C=O) groups excluding carboxylic acids is 1. The molecular formula is C18H17N5O. The molecule has 0 saturated carbocycles. The van der Waals surface area contributed by atoms with E-state index in [0.717, 1.165) is 16.9 Å². The minimum absolute atomic E-state index is 0.145. The maximum Gasteiger partial charge on any atom is 0.251 e. The van der Waals surface area contributed by atoms with Crippen molar-refractivity contribution < 1.29 is 4.79 Å². The second-order valence-corrected chi connectivity index (χ2v) is 5.27. The van der Waals surface area contributed by atoms with Crippen LogP contribution in [0.25, 0.3) is 0 Å². The van der Waals surface area contributed by atoms with Crippen LogP contribution in [-0.4, -0.2) is 20.9 Å². The van der Waals surface area contributed by atoms with Crippen LogP contribution in [0.4, 0.5) is 11.6 Å². The Kier molecular flexibility index (Phi) is 4.76. The summed E-state index contributed by atoms with van der Waals surface area (Å²) in [5, 5.41) is 5.95. The Hall–Kier alpha value is -3.28. The zero-order valence-electron chi connectivity index (χ0n) is 13.2. The monoisotopic (exact) mass is 319 g/mol. The van der Waals surface area contributed by atoms with E-state index in [4.69, 9.17) is 0 Å². The predicted molar refractivity (Wildman–Crippen MR) is 91.9 cm³/mol. The second kappa shape index (κ2) is 7.32. The van der Waals surface area contributed by atoms with Gasteiger partial charge in [0, 0.05) is 42.1 Å². The van der Waals surface area contributed by atoms with Gasteiger partial charge >= 0.3 is 0 Å². The smallest absolute Gasteiger partial charge is 0.251 e. The van der Waals surface area contributed by atoms with E-state index in [0.29, 0.717) is 18.1 Å². The largest absolute Gasteiger partial charge is 0.348 e. The molecule has 0 spiro atoms. The summed E-state index contributed by atoms with van der Waals surface area (Å²) in [4.78, 5) is 24.7. The van der Waals surface area contributed by atoms with Crippen molar-refractivity contribution in [3.8, 4) is 0 Å². The average molecular weight is 319 g/mol. The first kappa shape index (κ1) is 15.6. The molecule has 0 radical (unpaired) electrons. The minimum Gasteiger partial charge on any atom is -0.348 e. The van der Waals surface area contributed by atoms with Crippen LogP contribution in [0, 0.1) is 6.92 Å². The van der Waals surface area contributed by atoms with E-state index in [9.17, 15) is 4.79 Å². The molecular weight excluding hydrogens is 302 g/mol. The van der Waals surface area contributed by atoms with Crippen molar-refractivity contribution in [1.82, 2.24) is 20.3 Å². The molecule has 2 heterocycles. The zero-order valence-corrected chi connectivity index (χ0v) is 13.2. The van der Waals surface area contributed by atoms with Gasteiger partial charge in [-0.25, -0.2) is 9.97 Å². The van der Waals surface area contributed by atoms with E-state index in [2.05, 4.69) is 25.6 Å². The van der Waals surface area contributed by atoms with Crippen molar-refractivity contribution >= 4 is 17.5 Å². The number of hydrogen-bond acceptors (Lipinski definition) is 5. The fraction of sp³-hybridized carbons (Fsp3) is 0.111. The van der Waals surface area contributed by atoms with Crippen LogP contribution in [0.1, 0.15) is 21.6 Å². The summed E-state index contributed by atoms with van der Waals surface area (Å²) in [6.45, 7) is 2.36. The normalized spacial score (nSPS) is 10.2. The van der Waals surface area contributed by atoms with Gasteiger partial charge in [0.2, 0.25) is 5.95 Å². The van der Waals surface area contributed by atoms with Crippen LogP contribution in [-0.2, 0) is 6.54 Å². The Balaban J connectivity index is 1.64. The Labute approximate surface area is 140 Å². The van der Waals surface area contributed by atoms with Gasteiger partial charge in [0.25, 0.3) is 5.91 Å². The van der Waals surface area contributed by atoms with Crippen molar-refractivity contribution in [1.29, 1.82) is 0 Å². The molecule has 0 aliphatic heterocycles. The summed E-state index contributed by atoms with van der Waals surface area (Å²) in [5.41, 5.74) is 3.23. The summed E-state index contributed by atoms with van der Waals surface area (Å²) >= 11 is 0. The minimum atomic E-state index is -0.145. The van der Waals surface area contributed by atoms with E-state index in [1.165, 1.54) is 0 Å². The Morgan fingerprint density at radius 1 is 1.04 bits per heavy atom. The highest BCUT2D eigenvalue weighted by Crippen LogP contribution is 2.14. The summed E-state index contributed by atoms with van der Waals surface area (Å²) in [6, 6.07) is 12.8. The molecule has 6 nitrogen and oxygen atoms in total. The van der Waals surface area contributed by atoms with Crippen molar-refractivity contribution in [3.05, 3.63) is 77.9 Å². The molecule has 1 amide bonds. The number of rotatable bonds is 5. The molecule has 3 rings (SSSR count). The van der Waals surface area contributed by atoms with Gasteiger partial charge in [-0.05, 0) is 42.8 Å². The first-order valence-electron chi connectivity index (χ1n) is 7.54. The third kappa shape index (κ3) is 4.13. The van der Waals surface area contributed by atoms with Gasteiger partial charge < -0.3 is 10.6 Å².